The summed E-state index contributed by atoms with van der Waals surface area (Å²) in [5, 5.41) is 11.5. The Hall–Kier alpha value is -1.86. The zero-order valence-electron chi connectivity index (χ0n) is 10.9. The van der Waals surface area contributed by atoms with Gasteiger partial charge < -0.3 is 10.0 Å². The minimum atomic E-state index is -0.946. The van der Waals surface area contributed by atoms with Gasteiger partial charge in [0.25, 0.3) is 5.91 Å². The molecule has 110 valence electrons. The maximum absolute atomic E-state index is 13.2. The van der Waals surface area contributed by atoms with Crippen molar-refractivity contribution in [2.45, 2.75) is 12.5 Å². The van der Waals surface area contributed by atoms with Gasteiger partial charge in [-0.1, -0.05) is 0 Å². The van der Waals surface area contributed by atoms with E-state index in [0.717, 1.165) is 12.1 Å². The van der Waals surface area contributed by atoms with Crippen LogP contribution < -0.4 is 0 Å². The molecule has 7 heteroatoms. The maximum Gasteiger partial charge on any atom is 0.273 e. The van der Waals surface area contributed by atoms with Gasteiger partial charge in [-0.2, -0.15) is 0 Å². The van der Waals surface area contributed by atoms with Gasteiger partial charge in [0, 0.05) is 24.0 Å². The highest BCUT2D eigenvalue weighted by molar-refractivity contribution is 7.13. The van der Waals surface area contributed by atoms with E-state index >= 15 is 0 Å². The standard InChI is InChI=1S/C14H12F2N2O2S/c15-10-2-1-8(5-11(10)16)13-17-12(7-21-13)14(20)18-4-3-9(19)6-18/h1-2,5,7,9,19H,3-4,6H2/t9-/m0/s1. The minimum Gasteiger partial charge on any atom is -0.391 e. The number of rotatable bonds is 2. The smallest absolute Gasteiger partial charge is 0.273 e. The van der Waals surface area contributed by atoms with Crippen molar-refractivity contribution in [1.29, 1.82) is 0 Å². The molecule has 21 heavy (non-hydrogen) atoms. The summed E-state index contributed by atoms with van der Waals surface area (Å²) in [6.45, 7) is 0.801. The highest BCUT2D eigenvalue weighted by atomic mass is 32.1. The van der Waals surface area contributed by atoms with Gasteiger partial charge in [0.1, 0.15) is 10.7 Å². The van der Waals surface area contributed by atoms with Crippen molar-refractivity contribution in [3.05, 3.63) is 40.9 Å². The third kappa shape index (κ3) is 2.79. The number of carbonyl (C=O) groups excluding carboxylic acids is 1. The first kappa shape index (κ1) is 14.1. The number of aliphatic hydroxyl groups excluding tert-OH is 1. The SMILES string of the molecule is O=C(c1csc(-c2ccc(F)c(F)c2)n1)N1CC[C@H](O)C1. The second kappa shape index (κ2) is 5.50. The fourth-order valence-electron chi connectivity index (χ4n) is 2.22. The average molecular weight is 310 g/mol. The molecule has 1 saturated heterocycles. The fourth-order valence-corrected chi connectivity index (χ4v) is 3.01. The number of carbonyl (C=O) groups is 1. The minimum absolute atomic E-state index is 0.253. The summed E-state index contributed by atoms with van der Waals surface area (Å²) in [6.07, 6.45) is 0.0737. The summed E-state index contributed by atoms with van der Waals surface area (Å²) >= 11 is 1.19. The average Bonchev–Trinajstić information content (AvgIpc) is 3.10. The van der Waals surface area contributed by atoms with Crippen LogP contribution in [0.15, 0.2) is 23.6 Å². The van der Waals surface area contributed by atoms with Crippen LogP contribution in [0, 0.1) is 11.6 Å². The van der Waals surface area contributed by atoms with Crippen LogP contribution in [0.5, 0.6) is 0 Å². The van der Waals surface area contributed by atoms with Crippen LogP contribution in [0.4, 0.5) is 8.78 Å². The molecule has 1 fully saturated rings. The molecule has 2 aromatic rings. The number of thiazole rings is 1. The summed E-state index contributed by atoms with van der Waals surface area (Å²) in [4.78, 5) is 17.9. The Morgan fingerprint density at radius 1 is 1.38 bits per heavy atom. The van der Waals surface area contributed by atoms with Crippen molar-refractivity contribution in [2.75, 3.05) is 13.1 Å². The Labute approximate surface area is 123 Å². The lowest BCUT2D eigenvalue weighted by Gasteiger charge is -2.13. The van der Waals surface area contributed by atoms with E-state index < -0.39 is 17.7 Å². The number of hydrogen-bond acceptors (Lipinski definition) is 4. The number of amides is 1. The molecule has 1 N–H and O–H groups in total. The Morgan fingerprint density at radius 2 is 2.19 bits per heavy atom. The van der Waals surface area contributed by atoms with Crippen molar-refractivity contribution >= 4 is 17.2 Å². The third-order valence-corrected chi connectivity index (χ3v) is 4.23. The van der Waals surface area contributed by atoms with E-state index in [0.29, 0.717) is 30.1 Å². The molecule has 1 amide bonds. The number of halogens is 2. The van der Waals surface area contributed by atoms with Crippen molar-refractivity contribution < 1.29 is 18.7 Å². The maximum atomic E-state index is 13.2. The van der Waals surface area contributed by atoms with Crippen molar-refractivity contribution in [3.63, 3.8) is 0 Å². The van der Waals surface area contributed by atoms with E-state index in [1.165, 1.54) is 22.3 Å². The Kier molecular flexibility index (Phi) is 3.69. The van der Waals surface area contributed by atoms with Crippen LogP contribution in [0.25, 0.3) is 10.6 Å². The summed E-state index contributed by atoms with van der Waals surface area (Å²) in [5.41, 5.74) is 0.688. The van der Waals surface area contributed by atoms with Gasteiger partial charge in [-0.15, -0.1) is 11.3 Å². The molecule has 1 aliphatic heterocycles. The van der Waals surface area contributed by atoms with Gasteiger partial charge in [-0.3, -0.25) is 4.79 Å². The van der Waals surface area contributed by atoms with E-state index in [1.807, 2.05) is 0 Å². The normalized spacial score (nSPS) is 18.2. The van der Waals surface area contributed by atoms with Gasteiger partial charge in [-0.05, 0) is 24.6 Å². The molecule has 0 bridgehead atoms. The Bertz CT molecular complexity index is 689. The van der Waals surface area contributed by atoms with E-state index in [-0.39, 0.29) is 11.6 Å². The quantitative estimate of drug-likeness (QED) is 0.926. The van der Waals surface area contributed by atoms with Crippen molar-refractivity contribution in [1.82, 2.24) is 9.88 Å². The summed E-state index contributed by atoms with van der Waals surface area (Å²) in [6, 6.07) is 3.51. The number of likely N-dealkylation sites (tertiary alicyclic amines) is 1. The molecule has 1 aliphatic rings. The van der Waals surface area contributed by atoms with Gasteiger partial charge in [0.2, 0.25) is 0 Å². The molecule has 0 aliphatic carbocycles. The monoisotopic (exact) mass is 310 g/mol. The van der Waals surface area contributed by atoms with Crippen molar-refractivity contribution in [2.24, 2.45) is 0 Å². The Balaban J connectivity index is 1.82. The lowest BCUT2D eigenvalue weighted by molar-refractivity contribution is 0.0760. The van der Waals surface area contributed by atoms with E-state index in [4.69, 9.17) is 0 Å². The molecule has 2 heterocycles. The number of β-amino-alcohol motifs (C(OH)–C–C–N with tert-alkyl or cyclic N) is 1. The van der Waals surface area contributed by atoms with E-state index in [1.54, 1.807) is 5.38 Å². The van der Waals surface area contributed by atoms with Gasteiger partial charge >= 0.3 is 0 Å². The van der Waals surface area contributed by atoms with Crippen LogP contribution in [-0.4, -0.2) is 40.1 Å². The molecule has 1 aromatic carbocycles. The summed E-state index contributed by atoms with van der Waals surface area (Å²) in [7, 11) is 0. The largest absolute Gasteiger partial charge is 0.391 e. The molecule has 0 radical (unpaired) electrons. The lowest BCUT2D eigenvalue weighted by atomic mass is 10.2. The number of aromatic nitrogens is 1. The summed E-state index contributed by atoms with van der Waals surface area (Å²) < 4.78 is 26.1. The first-order chi connectivity index (χ1) is 10.0. The number of nitrogens with zero attached hydrogens (tertiary/aromatic N) is 2. The molecule has 4 nitrogen and oxygen atoms in total. The predicted molar refractivity (Wildman–Crippen MR) is 74.0 cm³/mol. The molecule has 0 spiro atoms. The van der Waals surface area contributed by atoms with E-state index in [2.05, 4.69) is 4.98 Å². The Morgan fingerprint density at radius 3 is 2.86 bits per heavy atom. The lowest BCUT2D eigenvalue weighted by Crippen LogP contribution is -2.29. The van der Waals surface area contributed by atoms with Gasteiger partial charge in [0.05, 0.1) is 6.10 Å². The number of aliphatic hydroxyl groups is 1. The number of benzene rings is 1. The molecular weight excluding hydrogens is 298 g/mol. The highest BCUT2D eigenvalue weighted by Crippen LogP contribution is 2.26. The first-order valence-corrected chi connectivity index (χ1v) is 7.31. The third-order valence-electron chi connectivity index (χ3n) is 3.34. The second-order valence-electron chi connectivity index (χ2n) is 4.86. The zero-order chi connectivity index (χ0) is 15.0. The molecule has 3 rings (SSSR count). The fraction of sp³-hybridized carbons (Fsp3) is 0.286. The topological polar surface area (TPSA) is 53.4 Å². The summed E-state index contributed by atoms with van der Waals surface area (Å²) in [5.74, 6) is -2.12. The van der Waals surface area contributed by atoms with E-state index in [9.17, 15) is 18.7 Å². The molecule has 0 unspecified atom stereocenters. The van der Waals surface area contributed by atoms with Crippen LogP contribution in [-0.2, 0) is 0 Å². The first-order valence-electron chi connectivity index (χ1n) is 6.43. The predicted octanol–water partition coefficient (Wildman–Crippen LogP) is 2.30. The van der Waals surface area contributed by atoms with Crippen molar-refractivity contribution in [3.8, 4) is 10.6 Å². The molecule has 1 aromatic heterocycles. The van der Waals surface area contributed by atoms with Crippen LogP contribution in [0.2, 0.25) is 0 Å². The van der Waals surface area contributed by atoms with Crippen LogP contribution in [0.3, 0.4) is 0 Å². The van der Waals surface area contributed by atoms with Gasteiger partial charge in [-0.25, -0.2) is 13.8 Å². The second-order valence-corrected chi connectivity index (χ2v) is 5.72. The number of hydrogen-bond donors (Lipinski definition) is 1. The zero-order valence-corrected chi connectivity index (χ0v) is 11.7. The molecule has 0 saturated carbocycles. The van der Waals surface area contributed by atoms with Crippen LogP contribution in [0.1, 0.15) is 16.9 Å². The molecular formula is C14H12F2N2O2S. The van der Waals surface area contributed by atoms with Crippen LogP contribution >= 0.6 is 11.3 Å². The highest BCUT2D eigenvalue weighted by Gasteiger charge is 2.27. The molecule has 1 atom stereocenters. The van der Waals surface area contributed by atoms with Gasteiger partial charge in [0.15, 0.2) is 11.6 Å².